The van der Waals surface area contributed by atoms with Crippen molar-refractivity contribution in [3.63, 3.8) is 0 Å². The van der Waals surface area contributed by atoms with Crippen molar-refractivity contribution in [2.45, 2.75) is 37.5 Å². The number of hydrogen-bond acceptors (Lipinski definition) is 5. The lowest BCUT2D eigenvalue weighted by atomic mass is 9.91. The van der Waals surface area contributed by atoms with Crippen LogP contribution in [-0.2, 0) is 22.1 Å². The minimum absolute atomic E-state index is 0.0736. The Labute approximate surface area is 175 Å². The van der Waals surface area contributed by atoms with Gasteiger partial charge in [0.15, 0.2) is 11.8 Å². The monoisotopic (exact) mass is 431 g/mol. The Hall–Kier alpha value is -3.01. The first-order chi connectivity index (χ1) is 14.9. The lowest BCUT2D eigenvalue weighted by Crippen LogP contribution is -2.42. The van der Waals surface area contributed by atoms with E-state index in [4.69, 9.17) is 4.74 Å². The summed E-state index contributed by atoms with van der Waals surface area (Å²) in [4.78, 5) is 23.0. The molecule has 1 amide bonds. The first-order valence-electron chi connectivity index (χ1n) is 10.2. The van der Waals surface area contributed by atoms with E-state index in [1.54, 1.807) is 4.90 Å². The Kier molecular flexibility index (Phi) is 4.88. The SMILES string of the molecule is O=C([C@H]1OCCc2ccccc21)N1CCC(c2cc(C(F)(F)F)n3ncnc3n2)CC1. The molecule has 1 fully saturated rings. The van der Waals surface area contributed by atoms with Crippen LogP contribution in [0, 0.1) is 0 Å². The van der Waals surface area contributed by atoms with Crippen molar-refractivity contribution in [1.29, 1.82) is 0 Å². The highest BCUT2D eigenvalue weighted by atomic mass is 19.4. The van der Waals surface area contributed by atoms with E-state index in [-0.39, 0.29) is 17.6 Å². The molecule has 7 nitrogen and oxygen atoms in total. The molecule has 31 heavy (non-hydrogen) atoms. The number of ether oxygens (including phenoxy) is 1. The van der Waals surface area contributed by atoms with Crippen LogP contribution >= 0.6 is 0 Å². The van der Waals surface area contributed by atoms with E-state index in [0.29, 0.717) is 42.7 Å². The molecule has 2 aliphatic heterocycles. The second-order valence-electron chi connectivity index (χ2n) is 7.84. The maximum absolute atomic E-state index is 13.5. The number of likely N-dealkylation sites (tertiary alicyclic amines) is 1. The fourth-order valence-corrected chi connectivity index (χ4v) is 4.40. The van der Waals surface area contributed by atoms with E-state index in [1.807, 2.05) is 24.3 Å². The van der Waals surface area contributed by atoms with Gasteiger partial charge in [-0.3, -0.25) is 4.79 Å². The largest absolute Gasteiger partial charge is 0.433 e. The molecule has 0 aliphatic carbocycles. The maximum atomic E-state index is 13.5. The summed E-state index contributed by atoms with van der Waals surface area (Å²) in [6.45, 7) is 1.37. The molecule has 1 atom stereocenters. The zero-order valence-electron chi connectivity index (χ0n) is 16.5. The minimum Gasteiger partial charge on any atom is -0.363 e. The number of piperidine rings is 1. The highest BCUT2D eigenvalue weighted by Gasteiger charge is 2.37. The summed E-state index contributed by atoms with van der Waals surface area (Å²) >= 11 is 0. The van der Waals surface area contributed by atoms with Gasteiger partial charge in [-0.15, -0.1) is 0 Å². The fourth-order valence-electron chi connectivity index (χ4n) is 4.40. The lowest BCUT2D eigenvalue weighted by Gasteiger charge is -2.35. The first-order valence-corrected chi connectivity index (χ1v) is 10.2. The summed E-state index contributed by atoms with van der Waals surface area (Å²) in [6.07, 6.45) is -2.30. The number of amides is 1. The Morgan fingerprint density at radius 3 is 2.71 bits per heavy atom. The zero-order valence-corrected chi connectivity index (χ0v) is 16.5. The number of fused-ring (bicyclic) bond motifs is 2. The molecular weight excluding hydrogens is 411 g/mol. The topological polar surface area (TPSA) is 72.6 Å². The molecule has 0 unspecified atom stereocenters. The Bertz CT molecular complexity index is 1120. The van der Waals surface area contributed by atoms with Gasteiger partial charge in [-0.2, -0.15) is 27.8 Å². The molecular formula is C21H20F3N5O2. The second kappa shape index (κ2) is 7.60. The number of benzene rings is 1. The van der Waals surface area contributed by atoms with Crippen LogP contribution in [-0.4, -0.2) is 50.1 Å². The molecule has 2 aromatic heterocycles. The van der Waals surface area contributed by atoms with Crippen LogP contribution in [0.25, 0.3) is 5.78 Å². The fraction of sp³-hybridized carbons (Fsp3) is 0.429. The third kappa shape index (κ3) is 3.65. The van der Waals surface area contributed by atoms with Crippen molar-refractivity contribution in [3.8, 4) is 0 Å². The van der Waals surface area contributed by atoms with Crippen molar-refractivity contribution >= 4 is 11.7 Å². The van der Waals surface area contributed by atoms with E-state index in [0.717, 1.165) is 29.9 Å². The minimum atomic E-state index is -4.56. The molecule has 1 aromatic carbocycles. The van der Waals surface area contributed by atoms with E-state index in [1.165, 1.54) is 0 Å². The van der Waals surface area contributed by atoms with Crippen LogP contribution in [0.15, 0.2) is 36.7 Å². The second-order valence-corrected chi connectivity index (χ2v) is 7.84. The van der Waals surface area contributed by atoms with Crippen LogP contribution in [0.3, 0.4) is 0 Å². The molecule has 0 saturated carbocycles. The molecule has 0 radical (unpaired) electrons. The van der Waals surface area contributed by atoms with Gasteiger partial charge in [-0.1, -0.05) is 24.3 Å². The number of hydrogen-bond donors (Lipinski definition) is 0. The number of alkyl halides is 3. The van der Waals surface area contributed by atoms with Gasteiger partial charge in [0.1, 0.15) is 6.33 Å². The molecule has 3 aromatic rings. The number of carbonyl (C=O) groups excluding carboxylic acids is 1. The van der Waals surface area contributed by atoms with Gasteiger partial charge in [0.25, 0.3) is 11.7 Å². The van der Waals surface area contributed by atoms with Crippen molar-refractivity contribution < 1.29 is 22.7 Å². The predicted octanol–water partition coefficient (Wildman–Crippen LogP) is 3.16. The molecule has 2 aliphatic rings. The van der Waals surface area contributed by atoms with Gasteiger partial charge >= 0.3 is 6.18 Å². The summed E-state index contributed by atoms with van der Waals surface area (Å²) < 4.78 is 46.8. The van der Waals surface area contributed by atoms with Crippen LogP contribution < -0.4 is 0 Å². The Balaban J connectivity index is 1.33. The quantitative estimate of drug-likeness (QED) is 0.623. The standard InChI is InChI=1S/C21H20F3N5O2/c22-21(23,24)17-11-16(27-20-25-12-26-29(17)20)14-5-8-28(9-6-14)19(30)18-15-4-2-1-3-13(15)7-10-31-18/h1-4,11-12,14,18H,5-10H2/t18-/m0/s1. The number of carbonyl (C=O) groups is 1. The molecule has 5 rings (SSSR count). The third-order valence-electron chi connectivity index (χ3n) is 6.00. The Morgan fingerprint density at radius 1 is 1.16 bits per heavy atom. The molecule has 162 valence electrons. The summed E-state index contributed by atoms with van der Waals surface area (Å²) in [5.41, 5.74) is 1.46. The van der Waals surface area contributed by atoms with Crippen LogP contribution in [0.5, 0.6) is 0 Å². The number of nitrogens with zero attached hydrogens (tertiary/aromatic N) is 5. The van der Waals surface area contributed by atoms with Gasteiger partial charge in [0.05, 0.1) is 6.61 Å². The number of rotatable bonds is 2. The highest BCUT2D eigenvalue weighted by Crippen LogP contribution is 2.35. The highest BCUT2D eigenvalue weighted by molar-refractivity contribution is 5.83. The smallest absolute Gasteiger partial charge is 0.363 e. The zero-order chi connectivity index (χ0) is 21.6. The molecule has 4 heterocycles. The summed E-state index contributed by atoms with van der Waals surface area (Å²) in [5.74, 6) is -0.357. The number of halogens is 3. The summed E-state index contributed by atoms with van der Waals surface area (Å²) in [7, 11) is 0. The van der Waals surface area contributed by atoms with E-state index in [2.05, 4.69) is 15.1 Å². The van der Waals surface area contributed by atoms with Gasteiger partial charge in [0.2, 0.25) is 0 Å². The average Bonchev–Trinajstić information content (AvgIpc) is 3.25. The van der Waals surface area contributed by atoms with Crippen LogP contribution in [0.1, 0.15) is 47.4 Å². The first kappa shape index (κ1) is 19.9. The molecule has 0 N–H and O–H groups in total. The molecule has 1 saturated heterocycles. The number of aromatic nitrogens is 4. The van der Waals surface area contributed by atoms with E-state index in [9.17, 15) is 18.0 Å². The van der Waals surface area contributed by atoms with Crippen LogP contribution in [0.2, 0.25) is 0 Å². The molecule has 0 bridgehead atoms. The van der Waals surface area contributed by atoms with Crippen molar-refractivity contribution in [2.24, 2.45) is 0 Å². The van der Waals surface area contributed by atoms with Crippen LogP contribution in [0.4, 0.5) is 13.2 Å². The van der Waals surface area contributed by atoms with Crippen molar-refractivity contribution in [1.82, 2.24) is 24.5 Å². The van der Waals surface area contributed by atoms with E-state index < -0.39 is 18.0 Å². The van der Waals surface area contributed by atoms with Gasteiger partial charge < -0.3 is 9.64 Å². The summed E-state index contributed by atoms with van der Waals surface area (Å²) in [6, 6.07) is 8.82. The normalized spacial score (nSPS) is 20.1. The van der Waals surface area contributed by atoms with E-state index >= 15 is 0 Å². The van der Waals surface area contributed by atoms with Crippen molar-refractivity contribution in [2.75, 3.05) is 19.7 Å². The predicted molar refractivity (Wildman–Crippen MR) is 103 cm³/mol. The summed E-state index contributed by atoms with van der Waals surface area (Å²) in [5, 5.41) is 3.63. The average molecular weight is 431 g/mol. The molecule has 10 heteroatoms. The lowest BCUT2D eigenvalue weighted by molar-refractivity contribution is -0.146. The maximum Gasteiger partial charge on any atom is 0.433 e. The van der Waals surface area contributed by atoms with Crippen molar-refractivity contribution in [3.05, 3.63) is 59.2 Å². The molecule has 0 spiro atoms. The van der Waals surface area contributed by atoms with Gasteiger partial charge in [-0.25, -0.2) is 4.98 Å². The Morgan fingerprint density at radius 2 is 1.94 bits per heavy atom. The van der Waals surface area contributed by atoms with Gasteiger partial charge in [0, 0.05) is 24.7 Å². The third-order valence-corrected chi connectivity index (χ3v) is 6.00. The van der Waals surface area contributed by atoms with Gasteiger partial charge in [-0.05, 0) is 36.5 Å².